The lowest BCUT2D eigenvalue weighted by molar-refractivity contribution is -0.163. The molecule has 0 saturated carbocycles. The van der Waals surface area contributed by atoms with E-state index < -0.39 is 17.5 Å². The largest absolute Gasteiger partial charge is 0.483 e. The number of benzene rings is 2. The van der Waals surface area contributed by atoms with Gasteiger partial charge in [0.05, 0.1) is 23.7 Å². The molecule has 2 heterocycles. The maximum Gasteiger partial charge on any atom is 0.313 e. The molecule has 3 aromatic rings. The highest BCUT2D eigenvalue weighted by atomic mass is 19.1. The van der Waals surface area contributed by atoms with Crippen molar-refractivity contribution in [3.8, 4) is 0 Å². The van der Waals surface area contributed by atoms with E-state index in [0.29, 0.717) is 25.1 Å². The number of hydrogen-bond acceptors (Lipinski definition) is 5. The fourth-order valence-corrected chi connectivity index (χ4v) is 4.02. The van der Waals surface area contributed by atoms with Crippen LogP contribution in [0.25, 0.3) is 11.0 Å². The number of carboxylic acids is 1. The van der Waals surface area contributed by atoms with E-state index in [1.54, 1.807) is 12.1 Å². The number of fused-ring (bicyclic) bond motifs is 1. The number of rotatable bonds is 5. The number of nitrogens with zero attached hydrogens (tertiary/aromatic N) is 2. The fraction of sp³-hybridized carbons (Fsp3) is 0.318. The molecule has 1 aliphatic rings. The number of aliphatic carboxylic acids is 1. The number of likely N-dealkylation sites (tertiary alicyclic amines) is 1. The number of imidazole rings is 1. The maximum absolute atomic E-state index is 13.2. The van der Waals surface area contributed by atoms with Gasteiger partial charge in [0, 0.05) is 13.1 Å². The van der Waals surface area contributed by atoms with Gasteiger partial charge in [-0.05, 0) is 42.7 Å². The molecule has 0 unspecified atom stereocenters. The Hall–Kier alpha value is -3.30. The minimum atomic E-state index is -1.35. The van der Waals surface area contributed by atoms with Crippen LogP contribution in [-0.4, -0.2) is 61.8 Å². The second kappa shape index (κ2) is 9.67. The summed E-state index contributed by atoms with van der Waals surface area (Å²) in [6, 6.07) is 13.5. The Morgan fingerprint density at radius 1 is 1.26 bits per heavy atom. The molecule has 0 radical (unpaired) electrons. The Bertz CT molecular complexity index is 1010. The number of aliphatic hydroxyl groups is 1. The molecule has 1 fully saturated rings. The zero-order valence-corrected chi connectivity index (χ0v) is 16.7. The Labute approximate surface area is 178 Å². The van der Waals surface area contributed by atoms with E-state index in [1.165, 1.54) is 12.1 Å². The molecule has 1 saturated heterocycles. The molecule has 1 aliphatic heterocycles. The first-order valence-electron chi connectivity index (χ1n) is 9.77. The van der Waals surface area contributed by atoms with Crippen molar-refractivity contribution < 1.29 is 29.3 Å². The summed E-state index contributed by atoms with van der Waals surface area (Å²) in [5.41, 5.74) is 1.14. The lowest BCUT2D eigenvalue weighted by atomic mass is 9.73. The van der Waals surface area contributed by atoms with Crippen molar-refractivity contribution in [3.05, 3.63) is 65.7 Å². The summed E-state index contributed by atoms with van der Waals surface area (Å²) in [5.74, 6) is -0.652. The molecule has 2 atom stereocenters. The normalized spacial score (nSPS) is 21.3. The van der Waals surface area contributed by atoms with Crippen LogP contribution in [0.2, 0.25) is 0 Å². The molecule has 9 heteroatoms. The molecule has 4 N–H and O–H groups in total. The molecule has 1 aromatic heterocycles. The van der Waals surface area contributed by atoms with Crippen molar-refractivity contribution in [2.45, 2.75) is 25.5 Å². The second-order valence-corrected chi connectivity index (χ2v) is 7.59. The monoisotopic (exact) mass is 429 g/mol. The number of nitrogens with one attached hydrogen (secondary N) is 1. The van der Waals surface area contributed by atoms with Crippen LogP contribution in [0.3, 0.4) is 0 Å². The standard InChI is InChI=1S/C21H22FN3O3.CH2O2/c22-15-7-5-14(6-8-15)11-21(20(27)28)13-25(10-9-18(21)26)12-19-23-16-3-1-2-4-17(16)24-19;2-1-3/h1-8,18,26H,9-13H2,(H,23,24)(H,27,28);1H,(H,2,3)/t18-,21-;/m1./s1. The van der Waals surface area contributed by atoms with Gasteiger partial charge >= 0.3 is 5.97 Å². The van der Waals surface area contributed by atoms with Crippen LogP contribution in [0.4, 0.5) is 4.39 Å². The third-order valence-electron chi connectivity index (χ3n) is 5.53. The smallest absolute Gasteiger partial charge is 0.313 e. The number of aromatic nitrogens is 2. The molecule has 0 spiro atoms. The molecule has 0 amide bonds. The Balaban J connectivity index is 0.000000858. The predicted molar refractivity (Wildman–Crippen MR) is 111 cm³/mol. The van der Waals surface area contributed by atoms with Gasteiger partial charge in [0.2, 0.25) is 0 Å². The van der Waals surface area contributed by atoms with Crippen LogP contribution >= 0.6 is 0 Å². The highest BCUT2D eigenvalue weighted by molar-refractivity contribution is 5.77. The van der Waals surface area contributed by atoms with Crippen LogP contribution in [0.5, 0.6) is 0 Å². The SMILES string of the molecule is O=C(O)[C@]1(Cc2ccc(F)cc2)CN(Cc2nc3ccccc3[nH]2)CC[C@H]1O.O=CO. The van der Waals surface area contributed by atoms with E-state index in [0.717, 1.165) is 16.9 Å². The third-order valence-corrected chi connectivity index (χ3v) is 5.53. The average molecular weight is 429 g/mol. The van der Waals surface area contributed by atoms with Crippen LogP contribution in [0.15, 0.2) is 48.5 Å². The lowest BCUT2D eigenvalue weighted by Gasteiger charge is -2.43. The molecule has 4 rings (SSSR count). The van der Waals surface area contributed by atoms with Gasteiger partial charge in [-0.3, -0.25) is 14.5 Å². The Morgan fingerprint density at radius 3 is 2.58 bits per heavy atom. The number of H-pyrrole nitrogens is 1. The van der Waals surface area contributed by atoms with Crippen molar-refractivity contribution >= 4 is 23.5 Å². The van der Waals surface area contributed by atoms with E-state index in [1.807, 2.05) is 29.2 Å². The van der Waals surface area contributed by atoms with Crippen LogP contribution in [-0.2, 0) is 22.6 Å². The predicted octanol–water partition coefficient (Wildman–Crippen LogP) is 2.28. The lowest BCUT2D eigenvalue weighted by Crippen LogP contribution is -2.56. The molecular formula is C22H24FN3O5. The minimum absolute atomic E-state index is 0.139. The maximum atomic E-state index is 13.2. The summed E-state index contributed by atoms with van der Waals surface area (Å²) in [6.45, 7) is 0.994. The quantitative estimate of drug-likeness (QED) is 0.458. The molecule has 31 heavy (non-hydrogen) atoms. The Kier molecular flexibility index (Phi) is 6.98. The molecule has 0 aliphatic carbocycles. The molecule has 2 aromatic carbocycles. The van der Waals surface area contributed by atoms with Gasteiger partial charge in [-0.25, -0.2) is 9.37 Å². The zero-order chi connectivity index (χ0) is 22.4. The number of aromatic amines is 1. The van der Waals surface area contributed by atoms with E-state index in [9.17, 15) is 19.4 Å². The number of carbonyl (C=O) groups is 2. The van der Waals surface area contributed by atoms with Crippen LogP contribution < -0.4 is 0 Å². The van der Waals surface area contributed by atoms with E-state index in [2.05, 4.69) is 9.97 Å². The molecule has 164 valence electrons. The fourth-order valence-electron chi connectivity index (χ4n) is 4.02. The number of carboxylic acid groups (broad SMARTS) is 2. The number of para-hydroxylation sites is 2. The van der Waals surface area contributed by atoms with E-state index in [4.69, 9.17) is 9.90 Å². The van der Waals surface area contributed by atoms with Gasteiger partial charge in [-0.2, -0.15) is 0 Å². The summed E-state index contributed by atoms with van der Waals surface area (Å²) in [4.78, 5) is 30.4. The summed E-state index contributed by atoms with van der Waals surface area (Å²) < 4.78 is 13.2. The number of aliphatic hydroxyl groups excluding tert-OH is 1. The first kappa shape index (κ1) is 22.4. The molecular weight excluding hydrogens is 405 g/mol. The van der Waals surface area contributed by atoms with Gasteiger partial charge in [-0.1, -0.05) is 24.3 Å². The summed E-state index contributed by atoms with van der Waals surface area (Å²) in [6.07, 6.45) is -0.476. The summed E-state index contributed by atoms with van der Waals surface area (Å²) in [7, 11) is 0. The topological polar surface area (TPSA) is 127 Å². The average Bonchev–Trinajstić information content (AvgIpc) is 3.15. The number of piperidine rings is 1. The van der Waals surface area contributed by atoms with Crippen LogP contribution in [0, 0.1) is 11.2 Å². The van der Waals surface area contributed by atoms with Gasteiger partial charge in [-0.15, -0.1) is 0 Å². The molecule has 0 bridgehead atoms. The van der Waals surface area contributed by atoms with Crippen molar-refractivity contribution in [3.63, 3.8) is 0 Å². The van der Waals surface area contributed by atoms with Crippen LogP contribution in [0.1, 0.15) is 17.8 Å². The van der Waals surface area contributed by atoms with Crippen molar-refractivity contribution in [1.29, 1.82) is 0 Å². The highest BCUT2D eigenvalue weighted by Crippen LogP contribution is 2.35. The minimum Gasteiger partial charge on any atom is -0.483 e. The first-order chi connectivity index (χ1) is 14.9. The van der Waals surface area contributed by atoms with E-state index >= 15 is 0 Å². The Morgan fingerprint density at radius 2 is 1.94 bits per heavy atom. The van der Waals surface area contributed by atoms with Gasteiger partial charge in [0.25, 0.3) is 6.47 Å². The van der Waals surface area contributed by atoms with E-state index in [-0.39, 0.29) is 25.3 Å². The second-order valence-electron chi connectivity index (χ2n) is 7.59. The van der Waals surface area contributed by atoms with Gasteiger partial charge in [0.15, 0.2) is 0 Å². The zero-order valence-electron chi connectivity index (χ0n) is 16.7. The van der Waals surface area contributed by atoms with Crippen molar-refractivity contribution in [1.82, 2.24) is 14.9 Å². The van der Waals surface area contributed by atoms with Gasteiger partial charge < -0.3 is 20.3 Å². The molecule has 8 nitrogen and oxygen atoms in total. The van der Waals surface area contributed by atoms with Gasteiger partial charge in [0.1, 0.15) is 17.1 Å². The highest BCUT2D eigenvalue weighted by Gasteiger charge is 2.49. The first-order valence-corrected chi connectivity index (χ1v) is 9.77. The third kappa shape index (κ3) is 5.07. The summed E-state index contributed by atoms with van der Waals surface area (Å²) in [5, 5.41) is 27.5. The number of halogens is 1. The van der Waals surface area contributed by atoms with Crippen molar-refractivity contribution in [2.24, 2.45) is 5.41 Å². The number of hydrogen-bond donors (Lipinski definition) is 4. The summed E-state index contributed by atoms with van der Waals surface area (Å²) >= 11 is 0. The van der Waals surface area contributed by atoms with Crippen molar-refractivity contribution in [2.75, 3.05) is 13.1 Å².